The Bertz CT molecular complexity index is 574. The third-order valence-corrected chi connectivity index (χ3v) is 5.34. The van der Waals surface area contributed by atoms with Gasteiger partial charge in [-0.05, 0) is 52.0 Å². The largest absolute Gasteiger partial charge is 0.361 e. The monoisotopic (exact) mass is 331 g/mol. The van der Waals surface area contributed by atoms with Gasteiger partial charge in [0, 0.05) is 31.7 Å². The maximum absolute atomic E-state index is 12.6. The number of carbonyl (C=O) groups excluding carboxylic acids is 1. The van der Waals surface area contributed by atoms with Crippen molar-refractivity contribution in [2.45, 2.75) is 46.0 Å². The van der Waals surface area contributed by atoms with Gasteiger partial charge in [-0.3, -0.25) is 4.79 Å². The molecule has 5 heteroatoms. The van der Waals surface area contributed by atoms with Gasteiger partial charge in [0.05, 0.1) is 12.1 Å². The zero-order chi connectivity index (χ0) is 16.9. The number of hydrogen-bond donors (Lipinski definition) is 0. The van der Waals surface area contributed by atoms with Crippen LogP contribution in [0, 0.1) is 19.8 Å². The smallest absolute Gasteiger partial charge is 0.227 e. The quantitative estimate of drug-likeness (QED) is 0.796. The predicted octanol–water partition coefficient (Wildman–Crippen LogP) is 2.72. The number of carbonyl (C=O) groups is 1. The van der Waals surface area contributed by atoms with Crippen LogP contribution in [-0.4, -0.2) is 53.6 Å². The molecule has 2 aliphatic rings. The summed E-state index contributed by atoms with van der Waals surface area (Å²) in [5.41, 5.74) is 1.79. The van der Waals surface area contributed by atoms with E-state index in [9.17, 15) is 4.79 Å². The van der Waals surface area contributed by atoms with Crippen molar-refractivity contribution in [2.75, 3.05) is 32.7 Å². The van der Waals surface area contributed by atoms with E-state index in [2.05, 4.69) is 22.2 Å². The van der Waals surface area contributed by atoms with Gasteiger partial charge in [0.1, 0.15) is 5.76 Å². The summed E-state index contributed by atoms with van der Waals surface area (Å²) in [6.45, 7) is 8.76. The molecule has 0 saturated carbocycles. The number of allylic oxidation sites excluding steroid dienone is 2. The molecule has 1 aromatic heterocycles. The molecule has 1 aromatic rings. The van der Waals surface area contributed by atoms with Gasteiger partial charge in [-0.1, -0.05) is 17.3 Å². The fourth-order valence-corrected chi connectivity index (χ4v) is 3.81. The van der Waals surface area contributed by atoms with Gasteiger partial charge in [0.2, 0.25) is 5.91 Å². The van der Waals surface area contributed by atoms with Crippen LogP contribution in [-0.2, 0) is 11.2 Å². The van der Waals surface area contributed by atoms with Crippen molar-refractivity contribution in [3.63, 3.8) is 0 Å². The van der Waals surface area contributed by atoms with Crippen molar-refractivity contribution in [2.24, 2.45) is 5.92 Å². The molecular weight excluding hydrogens is 302 g/mol. The van der Waals surface area contributed by atoms with E-state index in [1.807, 2.05) is 18.7 Å². The zero-order valence-electron chi connectivity index (χ0n) is 15.0. The third-order valence-electron chi connectivity index (χ3n) is 5.34. The van der Waals surface area contributed by atoms with Crippen LogP contribution in [0.15, 0.2) is 16.7 Å². The summed E-state index contributed by atoms with van der Waals surface area (Å²) in [5.74, 6) is 1.76. The fourth-order valence-electron chi connectivity index (χ4n) is 3.81. The van der Waals surface area contributed by atoms with Gasteiger partial charge in [-0.15, -0.1) is 0 Å². The Morgan fingerprint density at radius 3 is 2.83 bits per heavy atom. The van der Waals surface area contributed by atoms with Crippen molar-refractivity contribution < 1.29 is 9.32 Å². The van der Waals surface area contributed by atoms with E-state index in [4.69, 9.17) is 4.52 Å². The van der Waals surface area contributed by atoms with Gasteiger partial charge >= 0.3 is 0 Å². The van der Waals surface area contributed by atoms with Gasteiger partial charge in [-0.25, -0.2) is 0 Å². The van der Waals surface area contributed by atoms with Gasteiger partial charge in [-0.2, -0.15) is 0 Å². The van der Waals surface area contributed by atoms with Crippen LogP contribution >= 0.6 is 0 Å². The molecule has 1 fully saturated rings. The standard InChI is InChI=1S/C19H29N3O2/c1-15-18(16(2)24-20-15)13-19(23)22-10-6-9-21(11-12-22)14-17-7-4-3-5-8-17/h3-4,17H,5-14H2,1-2H3. The Morgan fingerprint density at radius 1 is 1.25 bits per heavy atom. The van der Waals surface area contributed by atoms with E-state index in [1.54, 1.807) is 0 Å². The van der Waals surface area contributed by atoms with E-state index in [1.165, 1.54) is 25.8 Å². The molecule has 0 radical (unpaired) electrons. The van der Waals surface area contributed by atoms with Crippen LogP contribution in [0.2, 0.25) is 0 Å². The molecule has 3 rings (SSSR count). The van der Waals surface area contributed by atoms with Crippen molar-refractivity contribution in [1.82, 2.24) is 15.0 Å². The molecule has 1 amide bonds. The zero-order valence-corrected chi connectivity index (χ0v) is 15.0. The summed E-state index contributed by atoms with van der Waals surface area (Å²) >= 11 is 0. The lowest BCUT2D eigenvalue weighted by Gasteiger charge is -2.27. The highest BCUT2D eigenvalue weighted by atomic mass is 16.5. The third kappa shape index (κ3) is 4.26. The lowest BCUT2D eigenvalue weighted by molar-refractivity contribution is -0.130. The Morgan fingerprint density at radius 2 is 2.12 bits per heavy atom. The minimum absolute atomic E-state index is 0.201. The molecule has 0 spiro atoms. The molecule has 1 saturated heterocycles. The van der Waals surface area contributed by atoms with Gasteiger partial charge in [0.15, 0.2) is 0 Å². The highest BCUT2D eigenvalue weighted by Crippen LogP contribution is 2.20. The van der Waals surface area contributed by atoms with Crippen LogP contribution in [0.25, 0.3) is 0 Å². The van der Waals surface area contributed by atoms with E-state index >= 15 is 0 Å². The normalized spacial score (nSPS) is 22.6. The second kappa shape index (κ2) is 7.97. The van der Waals surface area contributed by atoms with E-state index < -0.39 is 0 Å². The van der Waals surface area contributed by atoms with Crippen molar-refractivity contribution >= 4 is 5.91 Å². The Labute approximate surface area is 144 Å². The van der Waals surface area contributed by atoms with Crippen molar-refractivity contribution in [3.8, 4) is 0 Å². The van der Waals surface area contributed by atoms with Crippen LogP contribution in [0.3, 0.4) is 0 Å². The van der Waals surface area contributed by atoms with Crippen LogP contribution in [0.5, 0.6) is 0 Å². The molecule has 0 N–H and O–H groups in total. The van der Waals surface area contributed by atoms with Crippen molar-refractivity contribution in [3.05, 3.63) is 29.2 Å². The summed E-state index contributed by atoms with van der Waals surface area (Å²) in [6.07, 6.45) is 9.84. The lowest BCUT2D eigenvalue weighted by Crippen LogP contribution is -2.37. The fraction of sp³-hybridized carbons (Fsp3) is 0.684. The number of aryl methyl sites for hydroxylation is 2. The second-order valence-electron chi connectivity index (χ2n) is 7.16. The Balaban J connectivity index is 1.51. The minimum atomic E-state index is 0.201. The number of amides is 1. The SMILES string of the molecule is Cc1noc(C)c1CC(=O)N1CCCN(CC2CC=CCC2)CC1. The average molecular weight is 331 g/mol. The summed E-state index contributed by atoms with van der Waals surface area (Å²) in [6, 6.07) is 0. The number of aromatic nitrogens is 1. The highest BCUT2D eigenvalue weighted by Gasteiger charge is 2.23. The first-order valence-electron chi connectivity index (χ1n) is 9.20. The van der Waals surface area contributed by atoms with Crippen molar-refractivity contribution in [1.29, 1.82) is 0 Å². The molecular formula is C19H29N3O2. The number of rotatable bonds is 4. The van der Waals surface area contributed by atoms with Crippen LogP contribution in [0.1, 0.15) is 42.7 Å². The van der Waals surface area contributed by atoms with Crippen LogP contribution in [0.4, 0.5) is 0 Å². The predicted molar refractivity (Wildman–Crippen MR) is 93.8 cm³/mol. The molecule has 1 aliphatic heterocycles. The molecule has 1 atom stereocenters. The maximum Gasteiger partial charge on any atom is 0.227 e. The lowest BCUT2D eigenvalue weighted by atomic mass is 9.94. The summed E-state index contributed by atoms with van der Waals surface area (Å²) in [7, 11) is 0. The van der Waals surface area contributed by atoms with Gasteiger partial charge in [0.25, 0.3) is 0 Å². The summed E-state index contributed by atoms with van der Waals surface area (Å²) in [5, 5.41) is 3.95. The summed E-state index contributed by atoms with van der Waals surface area (Å²) < 4.78 is 5.18. The first-order chi connectivity index (χ1) is 11.6. The first-order valence-corrected chi connectivity index (χ1v) is 9.20. The van der Waals surface area contributed by atoms with Gasteiger partial charge < -0.3 is 14.3 Å². The molecule has 24 heavy (non-hydrogen) atoms. The van der Waals surface area contributed by atoms with E-state index in [0.29, 0.717) is 6.42 Å². The Hall–Kier alpha value is -1.62. The highest BCUT2D eigenvalue weighted by molar-refractivity contribution is 5.79. The number of hydrogen-bond acceptors (Lipinski definition) is 4. The van der Waals surface area contributed by atoms with E-state index in [0.717, 1.165) is 55.5 Å². The van der Waals surface area contributed by atoms with E-state index in [-0.39, 0.29) is 5.91 Å². The summed E-state index contributed by atoms with van der Waals surface area (Å²) in [4.78, 5) is 17.2. The maximum atomic E-state index is 12.6. The Kier molecular flexibility index (Phi) is 5.72. The second-order valence-corrected chi connectivity index (χ2v) is 7.16. The van der Waals surface area contributed by atoms with Crippen LogP contribution < -0.4 is 0 Å². The first kappa shape index (κ1) is 17.2. The molecule has 132 valence electrons. The molecule has 0 bridgehead atoms. The average Bonchev–Trinajstić information content (AvgIpc) is 2.79. The molecule has 1 aliphatic carbocycles. The minimum Gasteiger partial charge on any atom is -0.361 e. The molecule has 0 aromatic carbocycles. The molecule has 1 unspecified atom stereocenters. The topological polar surface area (TPSA) is 49.6 Å². The molecule has 5 nitrogen and oxygen atoms in total. The number of nitrogens with zero attached hydrogens (tertiary/aromatic N) is 3. The molecule has 2 heterocycles.